The van der Waals surface area contributed by atoms with E-state index in [-0.39, 0.29) is 24.0 Å². The molecule has 12 nitrogen and oxygen atoms in total. The van der Waals surface area contributed by atoms with Crippen LogP contribution < -0.4 is 15.5 Å². The second kappa shape index (κ2) is 11.4. The zero-order valence-electron chi connectivity index (χ0n) is 21.8. The fourth-order valence-electron chi connectivity index (χ4n) is 4.84. The molecule has 2 amide bonds. The topological polar surface area (TPSA) is 130 Å². The van der Waals surface area contributed by atoms with Gasteiger partial charge in [0.15, 0.2) is 5.82 Å². The number of hydrogen-bond acceptors (Lipinski definition) is 9. The molecule has 208 valence electrons. The van der Waals surface area contributed by atoms with E-state index in [1.165, 1.54) is 23.6 Å². The van der Waals surface area contributed by atoms with Crippen molar-refractivity contribution < 1.29 is 23.1 Å². The molecule has 1 saturated heterocycles. The van der Waals surface area contributed by atoms with Gasteiger partial charge < -0.3 is 25.2 Å². The van der Waals surface area contributed by atoms with Gasteiger partial charge in [0, 0.05) is 39.3 Å². The van der Waals surface area contributed by atoms with Crippen molar-refractivity contribution in [3.8, 4) is 5.95 Å². The summed E-state index contributed by atoms with van der Waals surface area (Å²) in [6, 6.07) is 6.75. The fraction of sp³-hybridized carbons (Fsp3) is 0.520. The third-order valence-electron chi connectivity index (χ3n) is 6.88. The molecule has 2 aromatic heterocycles. The molecule has 0 bridgehead atoms. The molecule has 1 aliphatic heterocycles. The summed E-state index contributed by atoms with van der Waals surface area (Å²) in [5.74, 6) is -0.942. The van der Waals surface area contributed by atoms with Crippen LogP contribution in [-0.2, 0) is 14.3 Å². The number of hydrogen-bond donors (Lipinski definition) is 2. The summed E-state index contributed by atoms with van der Waals surface area (Å²) in [6.45, 7) is 2.13. The number of fused-ring (bicyclic) bond motifs is 1. The van der Waals surface area contributed by atoms with Gasteiger partial charge in [-0.05, 0) is 37.8 Å². The largest absolute Gasteiger partial charge is 0.378 e. The number of amides is 2. The Balaban J connectivity index is 1.40. The maximum Gasteiger partial charge on any atom is 0.311 e. The summed E-state index contributed by atoms with van der Waals surface area (Å²) in [4.78, 5) is 45.0. The van der Waals surface area contributed by atoms with Crippen LogP contribution in [0, 0.1) is 0 Å². The SMILES string of the molecule is CN(C)C(=O)C(=O)NC1CCC(Nc2nc(N3CCOCC3)nc(-n3c(C(F)F)nc4ccccc43)n2)CC1. The van der Waals surface area contributed by atoms with Gasteiger partial charge in [0.1, 0.15) is 0 Å². The normalized spacial score (nSPS) is 19.8. The molecule has 3 aromatic rings. The minimum Gasteiger partial charge on any atom is -0.378 e. The third kappa shape index (κ3) is 5.90. The number of morpholine rings is 1. The zero-order valence-corrected chi connectivity index (χ0v) is 21.8. The van der Waals surface area contributed by atoms with Crippen molar-refractivity contribution in [3.05, 3.63) is 30.1 Å². The molecule has 39 heavy (non-hydrogen) atoms. The maximum absolute atomic E-state index is 14.1. The number of anilines is 2. The van der Waals surface area contributed by atoms with Gasteiger partial charge in [-0.2, -0.15) is 15.0 Å². The van der Waals surface area contributed by atoms with Crippen LogP contribution in [-0.4, -0.2) is 93.7 Å². The van der Waals surface area contributed by atoms with Crippen molar-refractivity contribution >= 4 is 34.7 Å². The summed E-state index contributed by atoms with van der Waals surface area (Å²) in [6.07, 6.45) is -0.0984. The molecule has 1 saturated carbocycles. The van der Waals surface area contributed by atoms with Crippen LogP contribution in [0.2, 0.25) is 0 Å². The highest BCUT2D eigenvalue weighted by molar-refractivity contribution is 6.34. The second-order valence-corrected chi connectivity index (χ2v) is 9.82. The number of likely N-dealkylation sites (N-methyl/N-ethyl adjacent to an activating group) is 1. The highest BCUT2D eigenvalue weighted by Gasteiger charge is 2.28. The summed E-state index contributed by atoms with van der Waals surface area (Å²) in [7, 11) is 3.07. The molecular weight excluding hydrogens is 512 g/mol. The number of carbonyl (C=O) groups excluding carboxylic acids is 2. The van der Waals surface area contributed by atoms with Gasteiger partial charge in [-0.3, -0.25) is 14.2 Å². The Morgan fingerprint density at radius 3 is 2.33 bits per heavy atom. The van der Waals surface area contributed by atoms with Crippen LogP contribution in [0.4, 0.5) is 20.7 Å². The number of ether oxygens (including phenoxy) is 1. The maximum atomic E-state index is 14.1. The molecule has 3 heterocycles. The standard InChI is InChI=1S/C25H31F2N9O3/c1-34(2)22(38)21(37)28-15-7-9-16(10-8-15)29-23-31-24(35-11-13-39-14-12-35)33-25(32-23)36-18-6-4-3-5-17(18)30-20(36)19(26)27/h3-6,15-16,19H,7-14H2,1-2H3,(H,28,37)(H,29,31,32,33). The predicted molar refractivity (Wildman–Crippen MR) is 139 cm³/mol. The van der Waals surface area contributed by atoms with Gasteiger partial charge >= 0.3 is 11.8 Å². The highest BCUT2D eigenvalue weighted by atomic mass is 19.3. The number of imidazole rings is 1. The first kappa shape index (κ1) is 26.7. The summed E-state index contributed by atoms with van der Waals surface area (Å²) < 4.78 is 34.8. The van der Waals surface area contributed by atoms with Crippen LogP contribution >= 0.6 is 0 Å². The lowest BCUT2D eigenvalue weighted by Gasteiger charge is -2.30. The lowest BCUT2D eigenvalue weighted by atomic mass is 9.91. The molecule has 0 radical (unpaired) electrons. The van der Waals surface area contributed by atoms with E-state index in [0.717, 1.165) is 0 Å². The first-order valence-electron chi connectivity index (χ1n) is 12.9. The van der Waals surface area contributed by atoms with E-state index >= 15 is 0 Å². The lowest BCUT2D eigenvalue weighted by molar-refractivity contribution is -0.144. The Kier molecular flexibility index (Phi) is 7.82. The molecule has 0 spiro atoms. The van der Waals surface area contributed by atoms with Crippen molar-refractivity contribution in [2.45, 2.75) is 44.2 Å². The molecule has 1 aromatic carbocycles. The molecule has 0 atom stereocenters. The van der Waals surface area contributed by atoms with Crippen molar-refractivity contribution in [2.24, 2.45) is 0 Å². The Morgan fingerprint density at radius 1 is 0.974 bits per heavy atom. The van der Waals surface area contributed by atoms with Gasteiger partial charge in [-0.15, -0.1) is 0 Å². The molecule has 2 aliphatic rings. The van der Waals surface area contributed by atoms with E-state index in [1.54, 1.807) is 24.3 Å². The van der Waals surface area contributed by atoms with Gasteiger partial charge in [0.05, 0.1) is 24.2 Å². The van der Waals surface area contributed by atoms with E-state index in [4.69, 9.17) is 4.74 Å². The first-order valence-corrected chi connectivity index (χ1v) is 12.9. The molecule has 0 unspecified atom stereocenters. The van der Waals surface area contributed by atoms with Gasteiger partial charge in [-0.25, -0.2) is 13.8 Å². The number of carbonyl (C=O) groups is 2. The van der Waals surface area contributed by atoms with Crippen molar-refractivity contribution in [1.29, 1.82) is 0 Å². The summed E-state index contributed by atoms with van der Waals surface area (Å²) >= 11 is 0. The van der Waals surface area contributed by atoms with Gasteiger partial charge in [0.2, 0.25) is 17.8 Å². The number of aromatic nitrogens is 5. The van der Waals surface area contributed by atoms with E-state index in [0.29, 0.717) is 69.0 Å². The highest BCUT2D eigenvalue weighted by Crippen LogP contribution is 2.28. The third-order valence-corrected chi connectivity index (χ3v) is 6.88. The number of alkyl halides is 2. The van der Waals surface area contributed by atoms with Gasteiger partial charge in [0.25, 0.3) is 6.43 Å². The molecule has 2 fully saturated rings. The molecule has 1 aliphatic carbocycles. The van der Waals surface area contributed by atoms with Crippen LogP contribution in [0.15, 0.2) is 24.3 Å². The van der Waals surface area contributed by atoms with Crippen LogP contribution in [0.1, 0.15) is 37.9 Å². The van der Waals surface area contributed by atoms with E-state index < -0.39 is 24.1 Å². The monoisotopic (exact) mass is 543 g/mol. The Hall–Kier alpha value is -3.94. The number of rotatable bonds is 6. The van der Waals surface area contributed by atoms with Crippen LogP contribution in [0.3, 0.4) is 0 Å². The summed E-state index contributed by atoms with van der Waals surface area (Å²) in [5, 5.41) is 6.14. The zero-order chi connectivity index (χ0) is 27.5. The molecule has 5 rings (SSSR count). The second-order valence-electron chi connectivity index (χ2n) is 9.82. The van der Waals surface area contributed by atoms with Crippen molar-refractivity contribution in [1.82, 2.24) is 34.7 Å². The quantitative estimate of drug-likeness (QED) is 0.448. The van der Waals surface area contributed by atoms with E-state index in [9.17, 15) is 18.4 Å². The Bertz CT molecular complexity index is 1340. The number of para-hydroxylation sites is 2. The smallest absolute Gasteiger partial charge is 0.311 e. The lowest BCUT2D eigenvalue weighted by Crippen LogP contribution is -2.46. The van der Waals surface area contributed by atoms with Crippen LogP contribution in [0.5, 0.6) is 0 Å². The van der Waals surface area contributed by atoms with Crippen LogP contribution in [0.25, 0.3) is 17.0 Å². The van der Waals surface area contributed by atoms with Crippen molar-refractivity contribution in [3.63, 3.8) is 0 Å². The Labute approximate surface area is 223 Å². The number of nitrogens with zero attached hydrogens (tertiary/aromatic N) is 7. The van der Waals surface area contributed by atoms with E-state index in [2.05, 4.69) is 30.6 Å². The minimum atomic E-state index is -2.83. The molecule has 14 heteroatoms. The van der Waals surface area contributed by atoms with E-state index in [1.807, 2.05) is 4.90 Å². The summed E-state index contributed by atoms with van der Waals surface area (Å²) in [5.41, 5.74) is 0.894. The average Bonchev–Trinajstić information content (AvgIpc) is 3.34. The first-order chi connectivity index (χ1) is 18.8. The number of halogens is 2. The molecule has 2 N–H and O–H groups in total. The van der Waals surface area contributed by atoms with Gasteiger partial charge in [-0.1, -0.05) is 12.1 Å². The average molecular weight is 544 g/mol. The fourth-order valence-corrected chi connectivity index (χ4v) is 4.84. The predicted octanol–water partition coefficient (Wildman–Crippen LogP) is 1.91. The minimum absolute atomic E-state index is 0.00964. The number of benzene rings is 1. The van der Waals surface area contributed by atoms with Crippen molar-refractivity contribution in [2.75, 3.05) is 50.6 Å². The Morgan fingerprint density at radius 2 is 1.64 bits per heavy atom. The number of nitrogens with one attached hydrogen (secondary N) is 2. The molecular formula is C25H31F2N9O3.